The minimum absolute atomic E-state index is 0.205. The number of aromatic nitrogens is 2. The van der Waals surface area contributed by atoms with E-state index in [0.29, 0.717) is 5.88 Å². The van der Waals surface area contributed by atoms with Crippen molar-refractivity contribution in [3.05, 3.63) is 46.1 Å². The van der Waals surface area contributed by atoms with E-state index in [1.54, 1.807) is 11.3 Å². The van der Waals surface area contributed by atoms with Gasteiger partial charge in [-0.1, -0.05) is 17.7 Å². The van der Waals surface area contributed by atoms with Crippen molar-refractivity contribution in [2.75, 3.05) is 0 Å². The van der Waals surface area contributed by atoms with E-state index in [1.165, 1.54) is 5.56 Å². The molecule has 0 amide bonds. The van der Waals surface area contributed by atoms with E-state index in [2.05, 4.69) is 9.97 Å². The Bertz CT molecular complexity index is 737. The zero-order chi connectivity index (χ0) is 13.4. The van der Waals surface area contributed by atoms with Crippen molar-refractivity contribution >= 4 is 33.2 Å². The molecule has 0 aliphatic rings. The highest BCUT2D eigenvalue weighted by Crippen LogP contribution is 2.33. The van der Waals surface area contributed by atoms with Gasteiger partial charge in [-0.05, 0) is 43.6 Å². The molecule has 0 aliphatic heterocycles. The molecule has 0 unspecified atom stereocenters. The molecule has 0 atom stereocenters. The van der Waals surface area contributed by atoms with E-state index in [4.69, 9.17) is 16.3 Å². The minimum atomic E-state index is 0.205. The maximum atomic E-state index is 5.93. The molecule has 0 N–H and O–H groups in total. The second-order valence-electron chi connectivity index (χ2n) is 4.29. The summed E-state index contributed by atoms with van der Waals surface area (Å²) < 4.78 is 5.81. The fourth-order valence-corrected chi connectivity index (χ4v) is 2.87. The van der Waals surface area contributed by atoms with Gasteiger partial charge in [0.25, 0.3) is 0 Å². The third-order valence-electron chi connectivity index (χ3n) is 2.69. The van der Waals surface area contributed by atoms with Gasteiger partial charge in [-0.3, -0.25) is 0 Å². The normalized spacial score (nSPS) is 10.9. The second-order valence-corrected chi connectivity index (χ2v) is 5.86. The molecule has 1 aromatic carbocycles. The Hall–Kier alpha value is -1.65. The summed E-state index contributed by atoms with van der Waals surface area (Å²) in [5.41, 5.74) is 1.18. The van der Waals surface area contributed by atoms with Crippen molar-refractivity contribution in [1.29, 1.82) is 0 Å². The predicted molar refractivity (Wildman–Crippen MR) is 78.4 cm³/mol. The van der Waals surface area contributed by atoms with Gasteiger partial charge in [-0.25, -0.2) is 4.98 Å². The summed E-state index contributed by atoms with van der Waals surface area (Å²) in [7, 11) is 0. The molecule has 0 saturated carbocycles. The van der Waals surface area contributed by atoms with Gasteiger partial charge in [0.15, 0.2) is 0 Å². The van der Waals surface area contributed by atoms with Crippen LogP contribution in [0.2, 0.25) is 5.28 Å². The molecular weight excluding hydrogens is 280 g/mol. The van der Waals surface area contributed by atoms with Crippen LogP contribution in [0.3, 0.4) is 0 Å². The van der Waals surface area contributed by atoms with Crippen LogP contribution in [0.5, 0.6) is 11.6 Å². The summed E-state index contributed by atoms with van der Waals surface area (Å²) in [4.78, 5) is 10.4. The molecule has 3 nitrogen and oxygen atoms in total. The standard InChI is InChI=1S/C14H11ClN2OS/c1-8-3-5-10(6-4-8)18-12-11-7-9(2)19-13(11)17-14(15)16-12/h3-7H,1-2H3. The molecule has 96 valence electrons. The summed E-state index contributed by atoms with van der Waals surface area (Å²) in [6.07, 6.45) is 0. The maximum Gasteiger partial charge on any atom is 0.232 e. The number of ether oxygens (including phenoxy) is 1. The lowest BCUT2D eigenvalue weighted by Crippen LogP contribution is -1.91. The van der Waals surface area contributed by atoms with Crippen molar-refractivity contribution in [2.45, 2.75) is 13.8 Å². The summed E-state index contributed by atoms with van der Waals surface area (Å²) >= 11 is 7.51. The minimum Gasteiger partial charge on any atom is -0.438 e. The van der Waals surface area contributed by atoms with Crippen LogP contribution in [0, 0.1) is 13.8 Å². The van der Waals surface area contributed by atoms with E-state index in [0.717, 1.165) is 20.8 Å². The number of rotatable bonds is 2. The molecule has 5 heteroatoms. The molecule has 0 spiro atoms. The van der Waals surface area contributed by atoms with Crippen LogP contribution in [0.15, 0.2) is 30.3 Å². The van der Waals surface area contributed by atoms with Gasteiger partial charge in [0, 0.05) is 4.88 Å². The summed E-state index contributed by atoms with van der Waals surface area (Å²) in [5, 5.41) is 1.10. The lowest BCUT2D eigenvalue weighted by atomic mass is 10.2. The molecule has 2 heterocycles. The highest BCUT2D eigenvalue weighted by Gasteiger charge is 2.11. The first-order valence-corrected chi connectivity index (χ1v) is 6.99. The second kappa shape index (κ2) is 4.79. The molecule has 0 fully saturated rings. The zero-order valence-electron chi connectivity index (χ0n) is 10.5. The number of thiophene rings is 1. The average Bonchev–Trinajstić information content (AvgIpc) is 2.72. The smallest absolute Gasteiger partial charge is 0.232 e. The van der Waals surface area contributed by atoms with Crippen LogP contribution in [0.1, 0.15) is 10.4 Å². The number of fused-ring (bicyclic) bond motifs is 1. The van der Waals surface area contributed by atoms with Crippen LogP contribution < -0.4 is 4.74 Å². The van der Waals surface area contributed by atoms with Crippen molar-refractivity contribution in [3.63, 3.8) is 0 Å². The van der Waals surface area contributed by atoms with Gasteiger partial charge in [-0.2, -0.15) is 4.98 Å². The van der Waals surface area contributed by atoms with Gasteiger partial charge >= 0.3 is 0 Å². The zero-order valence-corrected chi connectivity index (χ0v) is 12.0. The van der Waals surface area contributed by atoms with Crippen LogP contribution in [-0.4, -0.2) is 9.97 Å². The predicted octanol–water partition coefficient (Wildman–Crippen LogP) is 4.75. The van der Waals surface area contributed by atoms with Gasteiger partial charge in [0.05, 0.1) is 5.39 Å². The topological polar surface area (TPSA) is 35.0 Å². The first-order valence-electron chi connectivity index (χ1n) is 5.80. The monoisotopic (exact) mass is 290 g/mol. The highest BCUT2D eigenvalue weighted by molar-refractivity contribution is 7.18. The van der Waals surface area contributed by atoms with E-state index in [-0.39, 0.29) is 5.28 Å². The Kier molecular flexibility index (Phi) is 3.12. The molecule has 0 radical (unpaired) electrons. The number of aryl methyl sites for hydroxylation is 2. The first kappa shape index (κ1) is 12.4. The van der Waals surface area contributed by atoms with E-state index < -0.39 is 0 Å². The molecule has 3 aromatic rings. The van der Waals surface area contributed by atoms with Crippen LogP contribution in [0.25, 0.3) is 10.2 Å². The molecule has 0 saturated heterocycles. The quantitative estimate of drug-likeness (QED) is 0.639. The molecular formula is C14H11ClN2OS. The van der Waals surface area contributed by atoms with Crippen molar-refractivity contribution < 1.29 is 4.74 Å². The molecule has 2 aromatic heterocycles. The van der Waals surface area contributed by atoms with E-state index in [9.17, 15) is 0 Å². The third kappa shape index (κ3) is 2.55. The Morgan fingerprint density at radius 2 is 1.84 bits per heavy atom. The average molecular weight is 291 g/mol. The van der Waals surface area contributed by atoms with Crippen molar-refractivity contribution in [1.82, 2.24) is 9.97 Å². The SMILES string of the molecule is Cc1ccc(Oc2nc(Cl)nc3sc(C)cc23)cc1. The van der Waals surface area contributed by atoms with Crippen molar-refractivity contribution in [2.24, 2.45) is 0 Å². The van der Waals surface area contributed by atoms with E-state index >= 15 is 0 Å². The van der Waals surface area contributed by atoms with Gasteiger partial charge in [0.1, 0.15) is 10.6 Å². The lowest BCUT2D eigenvalue weighted by molar-refractivity contribution is 0.468. The Morgan fingerprint density at radius 1 is 1.11 bits per heavy atom. The largest absolute Gasteiger partial charge is 0.438 e. The summed E-state index contributed by atoms with van der Waals surface area (Å²) in [6.45, 7) is 4.06. The Morgan fingerprint density at radius 3 is 2.58 bits per heavy atom. The Labute approximate surface area is 119 Å². The Balaban J connectivity index is 2.06. The lowest BCUT2D eigenvalue weighted by Gasteiger charge is -2.06. The van der Waals surface area contributed by atoms with E-state index in [1.807, 2.05) is 44.2 Å². The highest BCUT2D eigenvalue weighted by atomic mass is 35.5. The summed E-state index contributed by atoms with van der Waals surface area (Å²) in [6, 6.07) is 9.83. The third-order valence-corrected chi connectivity index (χ3v) is 3.80. The fraction of sp³-hybridized carbons (Fsp3) is 0.143. The van der Waals surface area contributed by atoms with Crippen LogP contribution >= 0.6 is 22.9 Å². The number of nitrogens with zero attached hydrogens (tertiary/aromatic N) is 2. The fourth-order valence-electron chi connectivity index (χ4n) is 1.79. The number of benzene rings is 1. The molecule has 3 rings (SSSR count). The molecule has 0 bridgehead atoms. The van der Waals surface area contributed by atoms with Crippen LogP contribution in [-0.2, 0) is 0 Å². The van der Waals surface area contributed by atoms with Gasteiger partial charge < -0.3 is 4.74 Å². The number of halogens is 1. The first-order chi connectivity index (χ1) is 9.11. The summed E-state index contributed by atoms with van der Waals surface area (Å²) in [5.74, 6) is 1.24. The van der Waals surface area contributed by atoms with Gasteiger partial charge in [0.2, 0.25) is 11.2 Å². The molecule has 0 aliphatic carbocycles. The van der Waals surface area contributed by atoms with Crippen molar-refractivity contribution in [3.8, 4) is 11.6 Å². The maximum absolute atomic E-state index is 5.93. The molecule has 19 heavy (non-hydrogen) atoms. The van der Waals surface area contributed by atoms with Gasteiger partial charge in [-0.15, -0.1) is 11.3 Å². The number of hydrogen-bond acceptors (Lipinski definition) is 4. The van der Waals surface area contributed by atoms with Crippen LogP contribution in [0.4, 0.5) is 0 Å². The number of hydrogen-bond donors (Lipinski definition) is 0.